The number of esters is 1. The molecule has 0 N–H and O–H groups in total. The Morgan fingerprint density at radius 3 is 2.04 bits per heavy atom. The zero-order valence-electron chi connectivity index (χ0n) is 14.0. The Morgan fingerprint density at radius 2 is 1.70 bits per heavy atom. The van der Waals surface area contributed by atoms with Gasteiger partial charge in [-0.1, -0.05) is 0 Å². The number of hydrogen-bond donors (Lipinski definition) is 0. The van der Waals surface area contributed by atoms with Crippen LogP contribution in [-0.4, -0.2) is 37.1 Å². The standard InChI is InChI=1S/C14H20NO2.C5H5.Fe/c1-11(2)14(16)17-10-9-15(4)12(3)13-7-5-6-8-13;1-2-4-5-3-1;/h5-8,12H,1,9-10H2,2-4H3;1-5H;. The van der Waals surface area contributed by atoms with Crippen LogP contribution in [0, 0.1) is 0 Å². The van der Waals surface area contributed by atoms with Crippen molar-refractivity contribution in [3.63, 3.8) is 0 Å². The molecule has 10 heterocycles. The number of carbonyl (C=O) groups is 1. The fourth-order valence-electron chi connectivity index (χ4n) is 18.5. The van der Waals surface area contributed by atoms with Gasteiger partial charge in [0.2, 0.25) is 0 Å². The minimum absolute atomic E-state index is 0.232. The first kappa shape index (κ1) is 10.6. The molecule has 0 amide bonds. The van der Waals surface area contributed by atoms with Crippen molar-refractivity contribution >= 4 is 5.97 Å². The van der Waals surface area contributed by atoms with E-state index >= 15 is 0 Å². The van der Waals surface area contributed by atoms with Gasteiger partial charge in [0, 0.05) is 0 Å². The summed E-state index contributed by atoms with van der Waals surface area (Å²) in [5.41, 5.74) is 0.511. The molecule has 5 atom stereocenters. The van der Waals surface area contributed by atoms with Crippen LogP contribution in [0.2, 0.25) is 47.7 Å². The summed E-state index contributed by atoms with van der Waals surface area (Å²) in [6.07, 6.45) is 0. The number of likely N-dealkylation sites (N-methyl/N-ethyl adjacent to an activating group) is 1. The van der Waals surface area contributed by atoms with E-state index in [0.717, 1.165) is 16.9 Å². The first-order chi connectivity index (χ1) is 10.7. The van der Waals surface area contributed by atoms with E-state index in [1.165, 1.54) is 43.3 Å². The third-order valence-electron chi connectivity index (χ3n) is 17.1. The molecule has 0 radical (unpaired) electrons. The Morgan fingerprint density at radius 1 is 1.17 bits per heavy atom. The van der Waals surface area contributed by atoms with E-state index < -0.39 is 6.51 Å². The Bertz CT molecular complexity index is 1090. The van der Waals surface area contributed by atoms with E-state index in [9.17, 15) is 4.79 Å². The number of hydrogen-bond acceptors (Lipinski definition) is 3. The van der Waals surface area contributed by atoms with Gasteiger partial charge in [0.05, 0.1) is 0 Å². The molecule has 5 unspecified atom stereocenters. The molecule has 0 saturated carbocycles. The molecular formula is C19H25FeNO2. The van der Waals surface area contributed by atoms with Crippen molar-refractivity contribution in [2.75, 3.05) is 20.2 Å². The summed E-state index contributed by atoms with van der Waals surface area (Å²) in [6.45, 7) is 6.41. The molecule has 4 heteroatoms. The molecule has 10 saturated heterocycles. The monoisotopic (exact) mass is 355 g/mol. The van der Waals surface area contributed by atoms with Crippen LogP contribution in [0.15, 0.2) is 12.2 Å². The molecule has 3 nitrogen and oxygen atoms in total. The first-order valence-corrected chi connectivity index (χ1v) is 15.7. The van der Waals surface area contributed by atoms with Gasteiger partial charge in [-0.3, -0.25) is 0 Å². The van der Waals surface area contributed by atoms with E-state index in [-0.39, 0.29) is 5.97 Å². The third kappa shape index (κ3) is 0.155. The van der Waals surface area contributed by atoms with Gasteiger partial charge in [0.15, 0.2) is 0 Å². The Kier molecular flexibility index (Phi) is 0.499. The molecule has 10 aliphatic rings. The van der Waals surface area contributed by atoms with E-state index in [4.69, 9.17) is 4.74 Å². The molecule has 1 spiro atoms. The Hall–Kier alpha value is -0.311. The van der Waals surface area contributed by atoms with E-state index in [0.29, 0.717) is 12.2 Å². The molecule has 0 aliphatic carbocycles. The van der Waals surface area contributed by atoms with Crippen LogP contribution in [-0.2, 0) is 16.0 Å². The summed E-state index contributed by atoms with van der Waals surface area (Å²) in [7, 11) is 2.30. The third-order valence-corrected chi connectivity index (χ3v) is 59.9. The van der Waals surface area contributed by atoms with Gasteiger partial charge in [0.25, 0.3) is 0 Å². The number of fused-ring (bicyclic) bond motifs is 10. The Labute approximate surface area is 127 Å². The number of nitrogens with zero attached hydrogens (tertiary/aromatic N) is 1. The molecule has 23 heavy (non-hydrogen) atoms. The van der Waals surface area contributed by atoms with E-state index in [1.54, 1.807) is 6.92 Å². The maximum absolute atomic E-state index is 11.6. The summed E-state index contributed by atoms with van der Waals surface area (Å²) in [5.74, 6) is -0.232. The fraction of sp³-hybridized carbons (Fsp3) is 0.842. The van der Waals surface area contributed by atoms with E-state index in [2.05, 4.69) is 25.5 Å². The van der Waals surface area contributed by atoms with Gasteiger partial charge < -0.3 is 0 Å². The number of carbonyl (C=O) groups excluding carboxylic acids is 1. The van der Waals surface area contributed by atoms with Crippen LogP contribution in [0.4, 0.5) is 0 Å². The molecule has 0 aromatic heterocycles. The van der Waals surface area contributed by atoms with Crippen molar-refractivity contribution in [3.8, 4) is 0 Å². The summed E-state index contributed by atoms with van der Waals surface area (Å²) in [5, 5.41) is 0. The van der Waals surface area contributed by atoms with Crippen molar-refractivity contribution in [2.24, 2.45) is 0 Å². The van der Waals surface area contributed by atoms with Gasteiger partial charge in [0.1, 0.15) is 0 Å². The summed E-state index contributed by atoms with van der Waals surface area (Å²) >= 11 is 0. The van der Waals surface area contributed by atoms with Crippen LogP contribution in [0.3, 0.4) is 0 Å². The predicted molar refractivity (Wildman–Crippen MR) is 84.3 cm³/mol. The van der Waals surface area contributed by atoms with Gasteiger partial charge in [-0.25, -0.2) is 0 Å². The van der Waals surface area contributed by atoms with Gasteiger partial charge in [-0.15, -0.1) is 0 Å². The Balaban J connectivity index is 1.04. The summed E-state index contributed by atoms with van der Waals surface area (Å²) < 4.78 is 6.28. The second kappa shape index (κ2) is 1.08. The first-order valence-electron chi connectivity index (χ1n) is 9.45. The summed E-state index contributed by atoms with van der Waals surface area (Å²) in [6, 6.07) is 0.778. The van der Waals surface area contributed by atoms with E-state index in [1.807, 2.05) is 0 Å². The van der Waals surface area contributed by atoms with Gasteiger partial charge in [-0.2, -0.15) is 0 Å². The molecule has 10 aliphatic heterocycles. The van der Waals surface area contributed by atoms with Gasteiger partial charge in [-0.05, 0) is 0 Å². The van der Waals surface area contributed by atoms with Crippen molar-refractivity contribution < 1.29 is 16.0 Å². The predicted octanol–water partition coefficient (Wildman–Crippen LogP) is 4.19. The van der Waals surface area contributed by atoms with Crippen LogP contribution >= 0.6 is 0 Å². The molecular weight excluding hydrogens is 330 g/mol. The average molecular weight is 355 g/mol. The quantitative estimate of drug-likeness (QED) is 0.407. The second-order valence-corrected chi connectivity index (χ2v) is 36.4. The molecule has 0 aromatic carbocycles. The minimum atomic E-state index is -2.97. The number of rotatable bonds is 6. The normalized spacial score (nSPS) is 92.4. The van der Waals surface area contributed by atoms with Crippen LogP contribution in [0.25, 0.3) is 0 Å². The number of ether oxygens (including phenoxy) is 1. The van der Waals surface area contributed by atoms with Crippen LogP contribution < -0.4 is 0 Å². The molecule has 10 fully saturated rings. The zero-order valence-corrected chi connectivity index (χ0v) is 15.1. The fourth-order valence-corrected chi connectivity index (χ4v) is 94.2. The average Bonchev–Trinajstić information content (AvgIpc) is 3.46. The topological polar surface area (TPSA) is 29.5 Å². The molecule has 126 valence electrons. The SMILES string of the molecule is C=C(C)C(=O)OCCN(C)C(C)[C]12[CH]3[CH]4[CH]5[CH]1[Fe]45321678[CH]2[CH]1[CH]6[CH]7[CH]28. The van der Waals surface area contributed by atoms with Gasteiger partial charge >= 0.3 is 127 Å². The molecule has 0 bridgehead atoms. The molecule has 10 rings (SSSR count). The summed E-state index contributed by atoms with van der Waals surface area (Å²) in [4.78, 5) is 26.7. The van der Waals surface area contributed by atoms with Crippen molar-refractivity contribution in [1.82, 2.24) is 4.90 Å². The maximum atomic E-state index is 11.6. The van der Waals surface area contributed by atoms with Crippen molar-refractivity contribution in [2.45, 2.75) is 67.5 Å². The van der Waals surface area contributed by atoms with Crippen LogP contribution in [0.5, 0.6) is 0 Å². The molecule has 0 aromatic rings. The van der Waals surface area contributed by atoms with Crippen molar-refractivity contribution in [1.29, 1.82) is 0 Å². The van der Waals surface area contributed by atoms with Crippen LogP contribution in [0.1, 0.15) is 13.8 Å². The second-order valence-electron chi connectivity index (χ2n) is 12.8. The van der Waals surface area contributed by atoms with Crippen molar-refractivity contribution in [3.05, 3.63) is 12.2 Å². The zero-order chi connectivity index (χ0) is 15.4.